The number of hydrogen-bond acceptors (Lipinski definition) is 3. The first kappa shape index (κ1) is 23.9. The number of rotatable bonds is 7. The number of alkyl halides is 3. The van der Waals surface area contributed by atoms with E-state index in [1.54, 1.807) is 24.3 Å². The molecule has 0 fully saturated rings. The molecule has 0 amide bonds. The highest BCUT2D eigenvalue weighted by Gasteiger charge is 2.26. The van der Waals surface area contributed by atoms with Crippen LogP contribution in [0.2, 0.25) is 0 Å². The number of sulfonamides is 1. The Morgan fingerprint density at radius 1 is 1.20 bits per heavy atom. The van der Waals surface area contributed by atoms with Gasteiger partial charge in [-0.2, -0.15) is 13.2 Å². The fraction of sp³-hybridized carbons (Fsp3) is 0.500. The lowest BCUT2D eigenvalue weighted by Crippen LogP contribution is -2.38. The van der Waals surface area contributed by atoms with Crippen molar-refractivity contribution >= 4 is 40.0 Å². The van der Waals surface area contributed by atoms with Gasteiger partial charge >= 0.3 is 6.18 Å². The largest absolute Gasteiger partial charge is 0.390 e. The average Bonchev–Trinajstić information content (AvgIpc) is 2.49. The molecule has 0 saturated heterocycles. The monoisotopic (exact) mass is 494 g/mol. The lowest BCUT2D eigenvalue weighted by molar-refractivity contribution is -0.132. The molecule has 0 spiro atoms. The Kier molecular flexibility index (Phi) is 10.3. The van der Waals surface area contributed by atoms with Crippen LogP contribution in [-0.2, 0) is 22.3 Å². The van der Waals surface area contributed by atoms with Crippen LogP contribution in [0.5, 0.6) is 0 Å². The Bertz CT molecular complexity index is 666. The van der Waals surface area contributed by atoms with Crippen LogP contribution in [0.3, 0.4) is 0 Å². The minimum absolute atomic E-state index is 0. The summed E-state index contributed by atoms with van der Waals surface area (Å²) in [5, 5.41) is 5.45. The van der Waals surface area contributed by atoms with Crippen LogP contribution in [0.15, 0.2) is 29.3 Å². The Hall–Kier alpha value is -1.08. The summed E-state index contributed by atoms with van der Waals surface area (Å²) in [4.78, 5) is 3.84. The molecule has 0 bridgehead atoms. The summed E-state index contributed by atoms with van der Waals surface area (Å²) < 4.78 is 61.7. The van der Waals surface area contributed by atoms with Crippen molar-refractivity contribution in [3.63, 3.8) is 0 Å². The number of benzene rings is 1. The zero-order chi connectivity index (χ0) is 18.2. The minimum atomic E-state index is -4.22. The predicted octanol–water partition coefficient (Wildman–Crippen LogP) is 1.97. The van der Waals surface area contributed by atoms with E-state index < -0.39 is 22.6 Å². The standard InChI is InChI=1S/C14H21F3N4O2S.HI/c1-18-13(20-7-6-14(15,16)17)21-9-11-4-3-5-12(8-11)10-24(22,23)19-2;/h3-5,8,19H,6-7,9-10H2,1-2H3,(H2,18,20,21);1H. The molecule has 0 aliphatic heterocycles. The van der Waals surface area contributed by atoms with Crippen molar-refractivity contribution in [2.75, 3.05) is 20.6 Å². The van der Waals surface area contributed by atoms with E-state index in [0.29, 0.717) is 12.1 Å². The Balaban J connectivity index is 0.00000576. The number of aliphatic imine (C=N–C) groups is 1. The van der Waals surface area contributed by atoms with Gasteiger partial charge in [-0.05, 0) is 18.2 Å². The van der Waals surface area contributed by atoms with Crippen LogP contribution in [-0.4, -0.2) is 41.2 Å². The van der Waals surface area contributed by atoms with Crippen LogP contribution >= 0.6 is 24.0 Å². The number of nitrogens with zero attached hydrogens (tertiary/aromatic N) is 1. The van der Waals surface area contributed by atoms with Gasteiger partial charge in [-0.25, -0.2) is 13.1 Å². The molecule has 0 unspecified atom stereocenters. The third kappa shape index (κ3) is 10.5. The topological polar surface area (TPSA) is 82.6 Å². The molecule has 0 heterocycles. The number of guanidine groups is 1. The first-order valence-electron chi connectivity index (χ1n) is 7.15. The maximum atomic E-state index is 12.1. The predicted molar refractivity (Wildman–Crippen MR) is 102 cm³/mol. The highest BCUT2D eigenvalue weighted by atomic mass is 127. The van der Waals surface area contributed by atoms with Gasteiger partial charge in [-0.15, -0.1) is 24.0 Å². The van der Waals surface area contributed by atoms with Gasteiger partial charge in [0.05, 0.1) is 12.2 Å². The average molecular weight is 494 g/mol. The first-order valence-corrected chi connectivity index (χ1v) is 8.81. The van der Waals surface area contributed by atoms with Crippen molar-refractivity contribution in [1.82, 2.24) is 15.4 Å². The van der Waals surface area contributed by atoms with Crippen LogP contribution in [0.1, 0.15) is 17.5 Å². The van der Waals surface area contributed by atoms with Gasteiger partial charge in [0.25, 0.3) is 0 Å². The van der Waals surface area contributed by atoms with E-state index in [2.05, 4.69) is 20.3 Å². The van der Waals surface area contributed by atoms with Crippen molar-refractivity contribution < 1.29 is 21.6 Å². The normalized spacial score (nSPS) is 12.4. The van der Waals surface area contributed by atoms with Gasteiger partial charge in [0, 0.05) is 20.1 Å². The van der Waals surface area contributed by atoms with E-state index in [0.717, 1.165) is 5.56 Å². The third-order valence-corrected chi connectivity index (χ3v) is 4.38. The van der Waals surface area contributed by atoms with E-state index >= 15 is 0 Å². The highest BCUT2D eigenvalue weighted by molar-refractivity contribution is 14.0. The van der Waals surface area contributed by atoms with Crippen molar-refractivity contribution in [1.29, 1.82) is 0 Å². The fourth-order valence-corrected chi connectivity index (χ4v) is 2.61. The van der Waals surface area contributed by atoms with Gasteiger partial charge < -0.3 is 10.6 Å². The second kappa shape index (κ2) is 10.8. The first-order chi connectivity index (χ1) is 11.1. The van der Waals surface area contributed by atoms with Crippen LogP contribution < -0.4 is 15.4 Å². The second-order valence-corrected chi connectivity index (χ2v) is 6.93. The second-order valence-electron chi connectivity index (χ2n) is 5.00. The van der Waals surface area contributed by atoms with Gasteiger partial charge in [-0.3, -0.25) is 4.99 Å². The SMILES string of the molecule is CN=C(NCCC(F)(F)F)NCc1cccc(CS(=O)(=O)NC)c1.I. The van der Waals surface area contributed by atoms with E-state index in [4.69, 9.17) is 0 Å². The van der Waals surface area contributed by atoms with E-state index in [1.807, 2.05) is 0 Å². The maximum Gasteiger partial charge on any atom is 0.390 e. The van der Waals surface area contributed by atoms with E-state index in [9.17, 15) is 21.6 Å². The smallest absolute Gasteiger partial charge is 0.356 e. The summed E-state index contributed by atoms with van der Waals surface area (Å²) in [5.41, 5.74) is 1.40. The van der Waals surface area contributed by atoms with Gasteiger partial charge in [0.1, 0.15) is 0 Å². The zero-order valence-corrected chi connectivity index (χ0v) is 17.0. The summed E-state index contributed by atoms with van der Waals surface area (Å²) in [6, 6.07) is 6.91. The molecule has 144 valence electrons. The van der Waals surface area contributed by atoms with Crippen molar-refractivity contribution in [3.8, 4) is 0 Å². The van der Waals surface area contributed by atoms with E-state index in [-0.39, 0.29) is 42.2 Å². The molecule has 0 atom stereocenters. The molecular weight excluding hydrogens is 472 g/mol. The molecule has 0 aromatic heterocycles. The lowest BCUT2D eigenvalue weighted by Gasteiger charge is -2.13. The molecule has 1 rings (SSSR count). The molecule has 11 heteroatoms. The Morgan fingerprint density at radius 3 is 2.40 bits per heavy atom. The third-order valence-electron chi connectivity index (χ3n) is 3.04. The van der Waals surface area contributed by atoms with Crippen LogP contribution in [0.4, 0.5) is 13.2 Å². The molecule has 0 aliphatic carbocycles. The summed E-state index contributed by atoms with van der Waals surface area (Å²) >= 11 is 0. The summed E-state index contributed by atoms with van der Waals surface area (Å²) in [6.07, 6.45) is -5.18. The summed E-state index contributed by atoms with van der Waals surface area (Å²) in [5.74, 6) is 0.100. The molecular formula is C14H22F3IN4O2S. The minimum Gasteiger partial charge on any atom is -0.356 e. The number of hydrogen-bond donors (Lipinski definition) is 3. The molecule has 25 heavy (non-hydrogen) atoms. The zero-order valence-electron chi connectivity index (χ0n) is 13.9. The highest BCUT2D eigenvalue weighted by Crippen LogP contribution is 2.18. The summed E-state index contributed by atoms with van der Waals surface area (Å²) in [6.45, 7) is 0.0305. The number of nitrogens with one attached hydrogen (secondary N) is 3. The fourth-order valence-electron chi connectivity index (χ4n) is 1.85. The van der Waals surface area contributed by atoms with Gasteiger partial charge in [0.2, 0.25) is 10.0 Å². The number of halogens is 4. The van der Waals surface area contributed by atoms with Crippen LogP contribution in [0, 0.1) is 0 Å². The van der Waals surface area contributed by atoms with Crippen molar-refractivity contribution in [3.05, 3.63) is 35.4 Å². The van der Waals surface area contributed by atoms with E-state index in [1.165, 1.54) is 14.1 Å². The molecule has 6 nitrogen and oxygen atoms in total. The van der Waals surface area contributed by atoms with Gasteiger partial charge in [-0.1, -0.05) is 24.3 Å². The quantitative estimate of drug-likeness (QED) is 0.308. The molecule has 0 saturated carbocycles. The lowest BCUT2D eigenvalue weighted by atomic mass is 10.1. The van der Waals surface area contributed by atoms with Crippen molar-refractivity contribution in [2.45, 2.75) is 24.9 Å². The van der Waals surface area contributed by atoms with Gasteiger partial charge in [0.15, 0.2) is 5.96 Å². The Labute approximate surface area is 162 Å². The molecule has 0 aliphatic rings. The van der Waals surface area contributed by atoms with Crippen LogP contribution in [0.25, 0.3) is 0 Å². The maximum absolute atomic E-state index is 12.1. The molecule has 3 N–H and O–H groups in total. The molecule has 1 aromatic carbocycles. The Morgan fingerprint density at radius 2 is 1.84 bits per heavy atom. The molecule has 0 radical (unpaired) electrons. The molecule has 1 aromatic rings. The van der Waals surface area contributed by atoms with Crippen molar-refractivity contribution in [2.24, 2.45) is 4.99 Å². The summed E-state index contributed by atoms with van der Waals surface area (Å²) in [7, 11) is -0.562.